The number of aryl methyl sites for hydroxylation is 2. The van der Waals surface area contributed by atoms with Gasteiger partial charge in [0, 0.05) is 25.3 Å². The lowest BCUT2D eigenvalue weighted by Gasteiger charge is -2.32. The summed E-state index contributed by atoms with van der Waals surface area (Å²) in [5.74, 6) is 0. The van der Waals surface area contributed by atoms with Gasteiger partial charge in [0.25, 0.3) is 0 Å². The van der Waals surface area contributed by atoms with E-state index in [4.69, 9.17) is 4.74 Å². The molecule has 2 heterocycles. The normalized spacial score (nSPS) is 20.5. The molecule has 0 bridgehead atoms. The lowest BCUT2D eigenvalue weighted by atomic mass is 10.2. The minimum absolute atomic E-state index is 0.248. The van der Waals surface area contributed by atoms with E-state index in [-0.39, 0.29) is 6.10 Å². The number of aromatic nitrogens is 2. The van der Waals surface area contributed by atoms with E-state index in [0.29, 0.717) is 0 Å². The van der Waals surface area contributed by atoms with Gasteiger partial charge < -0.3 is 4.74 Å². The minimum Gasteiger partial charge on any atom is -0.374 e. The smallest absolute Gasteiger partial charge is 0.0898 e. The zero-order chi connectivity index (χ0) is 13.8. The molecule has 0 aliphatic carbocycles. The summed E-state index contributed by atoms with van der Waals surface area (Å²) in [6.07, 6.45) is 2.53. The summed E-state index contributed by atoms with van der Waals surface area (Å²) in [7, 11) is 0. The molecule has 4 nitrogen and oxygen atoms in total. The number of ether oxygens (including phenoxy) is 1. The molecule has 2 rings (SSSR count). The molecule has 1 aromatic heterocycles. The first kappa shape index (κ1) is 14.3. The van der Waals surface area contributed by atoms with Crippen LogP contribution in [-0.2, 0) is 11.3 Å². The van der Waals surface area contributed by atoms with E-state index < -0.39 is 0 Å². The molecule has 1 saturated heterocycles. The van der Waals surface area contributed by atoms with Crippen LogP contribution < -0.4 is 0 Å². The Morgan fingerprint density at radius 3 is 2.89 bits per heavy atom. The molecule has 4 heteroatoms. The summed E-state index contributed by atoms with van der Waals surface area (Å²) >= 11 is 0. The van der Waals surface area contributed by atoms with Crippen LogP contribution in [0.3, 0.4) is 0 Å². The first-order chi connectivity index (χ1) is 9.04. The molecule has 0 N–H and O–H groups in total. The third-order valence-corrected chi connectivity index (χ3v) is 3.46. The van der Waals surface area contributed by atoms with Gasteiger partial charge >= 0.3 is 0 Å². The van der Waals surface area contributed by atoms with Crippen LogP contribution in [-0.4, -0.2) is 47.0 Å². The molecule has 1 aliphatic rings. The van der Waals surface area contributed by atoms with Crippen molar-refractivity contribution in [1.82, 2.24) is 14.7 Å². The number of hydrogen-bond donors (Lipinski definition) is 0. The monoisotopic (exact) mass is 263 g/mol. The highest BCUT2D eigenvalue weighted by molar-refractivity contribution is 5.06. The molecule has 1 unspecified atom stereocenters. The molecule has 1 aromatic rings. The van der Waals surface area contributed by atoms with Gasteiger partial charge in [-0.05, 0) is 33.8 Å². The third kappa shape index (κ3) is 4.18. The Balaban J connectivity index is 1.90. The second-order valence-corrected chi connectivity index (χ2v) is 5.64. The molecule has 0 spiro atoms. The lowest BCUT2D eigenvalue weighted by Crippen LogP contribution is -2.44. The van der Waals surface area contributed by atoms with Crippen molar-refractivity contribution in [3.05, 3.63) is 29.1 Å². The number of rotatable bonds is 4. The van der Waals surface area contributed by atoms with Gasteiger partial charge in [-0.25, -0.2) is 0 Å². The Morgan fingerprint density at radius 1 is 1.47 bits per heavy atom. The first-order valence-electron chi connectivity index (χ1n) is 7.03. The summed E-state index contributed by atoms with van der Waals surface area (Å²) < 4.78 is 7.92. The molecule has 19 heavy (non-hydrogen) atoms. The predicted octanol–water partition coefficient (Wildman–Crippen LogP) is 2.17. The average molecular weight is 263 g/mol. The van der Waals surface area contributed by atoms with Gasteiger partial charge in [0.15, 0.2) is 0 Å². The largest absolute Gasteiger partial charge is 0.374 e. The van der Waals surface area contributed by atoms with E-state index in [2.05, 4.69) is 47.6 Å². The maximum atomic E-state index is 5.86. The van der Waals surface area contributed by atoms with E-state index >= 15 is 0 Å². The van der Waals surface area contributed by atoms with Gasteiger partial charge in [-0.15, -0.1) is 0 Å². The zero-order valence-electron chi connectivity index (χ0n) is 12.5. The van der Waals surface area contributed by atoms with Crippen molar-refractivity contribution in [1.29, 1.82) is 0 Å². The van der Waals surface area contributed by atoms with Crippen LogP contribution in [0.4, 0.5) is 0 Å². The van der Waals surface area contributed by atoms with Gasteiger partial charge in [-0.2, -0.15) is 5.10 Å². The molecule has 1 atom stereocenters. The highest BCUT2D eigenvalue weighted by Gasteiger charge is 2.20. The highest BCUT2D eigenvalue weighted by atomic mass is 16.5. The van der Waals surface area contributed by atoms with E-state index in [1.54, 1.807) is 0 Å². The Kier molecular flexibility index (Phi) is 4.77. The number of nitrogens with zero attached hydrogens (tertiary/aromatic N) is 3. The average Bonchev–Trinajstić information content (AvgIpc) is 2.66. The Hall–Kier alpha value is -1.13. The van der Waals surface area contributed by atoms with E-state index in [1.165, 1.54) is 11.3 Å². The molecule has 1 fully saturated rings. The summed E-state index contributed by atoms with van der Waals surface area (Å²) in [6.45, 7) is 13.1. The van der Waals surface area contributed by atoms with Crippen molar-refractivity contribution in [2.45, 2.75) is 40.3 Å². The molecule has 0 radical (unpaired) electrons. The van der Waals surface area contributed by atoms with Crippen molar-refractivity contribution in [3.63, 3.8) is 0 Å². The van der Waals surface area contributed by atoms with Crippen LogP contribution in [0.25, 0.3) is 0 Å². The topological polar surface area (TPSA) is 30.3 Å². The Morgan fingerprint density at radius 2 is 2.26 bits per heavy atom. The number of allylic oxidation sites excluding steroid dienone is 1. The summed E-state index contributed by atoms with van der Waals surface area (Å²) in [6, 6.07) is 2.11. The van der Waals surface area contributed by atoms with Gasteiger partial charge in [0.05, 0.1) is 24.9 Å². The number of hydrogen-bond acceptors (Lipinski definition) is 3. The molecule has 0 amide bonds. The molecular formula is C15H25N3O. The molecular weight excluding hydrogens is 238 g/mol. The quantitative estimate of drug-likeness (QED) is 0.780. The Labute approximate surface area is 116 Å². The van der Waals surface area contributed by atoms with E-state index in [9.17, 15) is 0 Å². The van der Waals surface area contributed by atoms with Crippen LogP contribution in [0.2, 0.25) is 0 Å². The minimum atomic E-state index is 0.248. The van der Waals surface area contributed by atoms with E-state index in [0.717, 1.165) is 38.5 Å². The van der Waals surface area contributed by atoms with Crippen LogP contribution in [0.5, 0.6) is 0 Å². The van der Waals surface area contributed by atoms with Crippen molar-refractivity contribution in [3.8, 4) is 0 Å². The summed E-state index contributed by atoms with van der Waals surface area (Å²) in [5, 5.41) is 4.51. The van der Waals surface area contributed by atoms with Gasteiger partial charge in [0.2, 0.25) is 0 Å². The van der Waals surface area contributed by atoms with Crippen molar-refractivity contribution >= 4 is 0 Å². The van der Waals surface area contributed by atoms with Crippen LogP contribution in [0.15, 0.2) is 17.7 Å². The predicted molar refractivity (Wildman–Crippen MR) is 77.3 cm³/mol. The second-order valence-electron chi connectivity index (χ2n) is 5.64. The third-order valence-electron chi connectivity index (χ3n) is 3.46. The highest BCUT2D eigenvalue weighted by Crippen LogP contribution is 2.10. The van der Waals surface area contributed by atoms with Gasteiger partial charge in [0.1, 0.15) is 0 Å². The van der Waals surface area contributed by atoms with Gasteiger partial charge in [-0.1, -0.05) is 11.6 Å². The van der Waals surface area contributed by atoms with Crippen LogP contribution in [0.1, 0.15) is 25.2 Å². The fourth-order valence-corrected chi connectivity index (χ4v) is 2.42. The van der Waals surface area contributed by atoms with Crippen molar-refractivity contribution in [2.24, 2.45) is 0 Å². The maximum Gasteiger partial charge on any atom is 0.0898 e. The first-order valence-corrected chi connectivity index (χ1v) is 7.03. The maximum absolute atomic E-state index is 5.86. The lowest BCUT2D eigenvalue weighted by molar-refractivity contribution is -0.0341. The van der Waals surface area contributed by atoms with Gasteiger partial charge in [-0.3, -0.25) is 9.58 Å². The molecule has 0 saturated carbocycles. The Bertz CT molecular complexity index is 446. The molecule has 106 valence electrons. The fraction of sp³-hybridized carbons (Fsp3) is 0.667. The molecule has 0 aromatic carbocycles. The van der Waals surface area contributed by atoms with Crippen LogP contribution in [0, 0.1) is 13.8 Å². The SMILES string of the molecule is CC(C)=CCN1CCOC(Cn2nc(C)cc2C)C1. The number of morpholine rings is 1. The zero-order valence-corrected chi connectivity index (χ0v) is 12.5. The van der Waals surface area contributed by atoms with E-state index in [1.807, 2.05) is 6.92 Å². The van der Waals surface area contributed by atoms with Crippen LogP contribution >= 0.6 is 0 Å². The standard InChI is InChI=1S/C15H25N3O/c1-12(2)5-6-17-7-8-19-15(10-17)11-18-14(4)9-13(3)16-18/h5,9,15H,6-8,10-11H2,1-4H3. The van der Waals surface area contributed by atoms with Crippen molar-refractivity contribution in [2.75, 3.05) is 26.2 Å². The fourth-order valence-electron chi connectivity index (χ4n) is 2.42. The summed E-state index contributed by atoms with van der Waals surface area (Å²) in [5.41, 5.74) is 3.67. The summed E-state index contributed by atoms with van der Waals surface area (Å²) in [4.78, 5) is 2.45. The molecule has 1 aliphatic heterocycles. The second kappa shape index (κ2) is 6.35. The van der Waals surface area contributed by atoms with Crippen molar-refractivity contribution < 1.29 is 4.74 Å².